The van der Waals surface area contributed by atoms with E-state index in [-0.39, 0.29) is 18.2 Å². The minimum Gasteiger partial charge on any atom is -0.469 e. The second kappa shape index (κ2) is 4.06. The lowest BCUT2D eigenvalue weighted by Gasteiger charge is -2.16. The number of hydrogen-bond acceptors (Lipinski definition) is 5. The molecule has 0 fully saturated rings. The number of benzene rings is 1. The first kappa shape index (κ1) is 10.6. The minimum atomic E-state index is -0.292. The van der Waals surface area contributed by atoms with E-state index in [9.17, 15) is 4.39 Å². The molecule has 1 aromatic heterocycles. The van der Waals surface area contributed by atoms with Crippen molar-refractivity contribution in [2.75, 3.05) is 12.3 Å². The molecule has 0 atom stereocenters. The van der Waals surface area contributed by atoms with Gasteiger partial charge in [0.25, 0.3) is 0 Å². The van der Waals surface area contributed by atoms with Crippen LogP contribution in [0.2, 0.25) is 0 Å². The molecule has 0 radical (unpaired) electrons. The zero-order chi connectivity index (χ0) is 12.5. The Morgan fingerprint density at radius 2 is 1.94 bits per heavy atom. The average molecular weight is 244 g/mol. The Balaban J connectivity index is 2.05. The molecule has 3 rings (SSSR count). The lowest BCUT2D eigenvalue weighted by atomic mass is 10.1. The third-order valence-electron chi connectivity index (χ3n) is 2.59. The number of hydrogen-bond donors (Lipinski definition) is 1. The number of nitrogens with two attached hydrogens (primary N) is 1. The summed E-state index contributed by atoms with van der Waals surface area (Å²) in [7, 11) is 0. The first-order valence-electron chi connectivity index (χ1n) is 5.31. The van der Waals surface area contributed by atoms with Crippen molar-refractivity contribution in [3.63, 3.8) is 0 Å². The summed E-state index contributed by atoms with van der Waals surface area (Å²) in [6.45, 7) is 0.273. The minimum absolute atomic E-state index is 0.263. The molecule has 0 bridgehead atoms. The fourth-order valence-corrected chi connectivity index (χ4v) is 1.68. The zero-order valence-electron chi connectivity index (χ0n) is 9.30. The van der Waals surface area contributed by atoms with Crippen LogP contribution in [-0.2, 0) is 0 Å². The lowest BCUT2D eigenvalue weighted by Crippen LogP contribution is -2.17. The van der Waals surface area contributed by atoms with Gasteiger partial charge in [0.15, 0.2) is 11.5 Å². The third-order valence-corrected chi connectivity index (χ3v) is 2.59. The van der Waals surface area contributed by atoms with Gasteiger partial charge in [-0.05, 0) is 17.7 Å². The van der Waals surface area contributed by atoms with Gasteiger partial charge >= 0.3 is 0 Å². The van der Waals surface area contributed by atoms with Crippen molar-refractivity contribution >= 4 is 17.2 Å². The van der Waals surface area contributed by atoms with Gasteiger partial charge in [-0.15, -0.1) is 0 Å². The van der Waals surface area contributed by atoms with Crippen molar-refractivity contribution in [3.05, 3.63) is 42.0 Å². The second-order valence-corrected chi connectivity index (χ2v) is 3.77. The Bertz CT molecular complexity index is 624. The molecule has 90 valence electrons. The quantitative estimate of drug-likeness (QED) is 0.828. The monoisotopic (exact) mass is 244 g/mol. The maximum atomic E-state index is 12.8. The normalized spacial score (nSPS) is 13.5. The highest BCUT2D eigenvalue weighted by Crippen LogP contribution is 2.33. The number of aliphatic imine (C=N–C) groups is 1. The summed E-state index contributed by atoms with van der Waals surface area (Å²) in [5.74, 6) is 0.340. The van der Waals surface area contributed by atoms with Crippen LogP contribution in [0.4, 0.5) is 15.9 Å². The highest BCUT2D eigenvalue weighted by molar-refractivity contribution is 6.04. The summed E-state index contributed by atoms with van der Waals surface area (Å²) in [5, 5.41) is 0. The van der Waals surface area contributed by atoms with E-state index in [4.69, 9.17) is 10.5 Å². The first-order chi connectivity index (χ1) is 8.74. The second-order valence-electron chi connectivity index (χ2n) is 3.77. The standard InChI is InChI=1S/C12H9FN4O/c13-8-3-1-7(2-4-8)9-5-18-12-10(17-9)11(14)15-6-16-12/h1-4,6H,5H2,(H2,14,15,16). The van der Waals surface area contributed by atoms with Crippen molar-refractivity contribution in [3.8, 4) is 5.88 Å². The molecule has 6 heteroatoms. The molecule has 0 saturated carbocycles. The van der Waals surface area contributed by atoms with Crippen LogP contribution in [0.5, 0.6) is 5.88 Å². The molecule has 0 saturated heterocycles. The van der Waals surface area contributed by atoms with Gasteiger partial charge in [0.05, 0.1) is 5.71 Å². The molecular weight excluding hydrogens is 235 g/mol. The summed E-state index contributed by atoms with van der Waals surface area (Å²) in [5.41, 5.74) is 7.58. The van der Waals surface area contributed by atoms with E-state index in [0.29, 0.717) is 17.3 Å². The third kappa shape index (κ3) is 1.77. The van der Waals surface area contributed by atoms with Crippen LogP contribution in [0.3, 0.4) is 0 Å². The van der Waals surface area contributed by atoms with E-state index in [1.165, 1.54) is 18.5 Å². The largest absolute Gasteiger partial charge is 0.469 e. The number of nitrogen functional groups attached to an aromatic ring is 1. The van der Waals surface area contributed by atoms with Gasteiger partial charge in [0, 0.05) is 0 Å². The number of nitrogens with zero attached hydrogens (tertiary/aromatic N) is 3. The number of rotatable bonds is 1. The Kier molecular flexibility index (Phi) is 2.40. The molecular formula is C12H9FN4O. The molecule has 5 nitrogen and oxygen atoms in total. The molecule has 18 heavy (non-hydrogen) atoms. The average Bonchev–Trinajstić information content (AvgIpc) is 2.40. The van der Waals surface area contributed by atoms with Crippen molar-refractivity contribution in [1.29, 1.82) is 0 Å². The molecule has 0 spiro atoms. The molecule has 0 aliphatic carbocycles. The summed E-state index contributed by atoms with van der Waals surface area (Å²) in [6, 6.07) is 6.03. The highest BCUT2D eigenvalue weighted by Gasteiger charge is 2.18. The van der Waals surface area contributed by atoms with E-state index in [1.807, 2.05) is 0 Å². The number of fused-ring (bicyclic) bond motifs is 1. The van der Waals surface area contributed by atoms with E-state index < -0.39 is 0 Å². The SMILES string of the molecule is Nc1ncnc2c1N=C(c1ccc(F)cc1)CO2. The predicted molar refractivity (Wildman–Crippen MR) is 64.5 cm³/mol. The van der Waals surface area contributed by atoms with Crippen molar-refractivity contribution in [2.24, 2.45) is 4.99 Å². The fourth-order valence-electron chi connectivity index (χ4n) is 1.68. The lowest BCUT2D eigenvalue weighted by molar-refractivity contribution is 0.357. The molecule has 2 N–H and O–H groups in total. The highest BCUT2D eigenvalue weighted by atomic mass is 19.1. The van der Waals surface area contributed by atoms with Crippen molar-refractivity contribution in [1.82, 2.24) is 9.97 Å². The van der Waals surface area contributed by atoms with Crippen molar-refractivity contribution < 1.29 is 9.13 Å². The van der Waals surface area contributed by atoms with Gasteiger partial charge in [0.2, 0.25) is 5.88 Å². The fraction of sp³-hybridized carbons (Fsp3) is 0.0833. The summed E-state index contributed by atoms with van der Waals surface area (Å²) >= 11 is 0. The van der Waals surface area contributed by atoms with E-state index in [1.54, 1.807) is 12.1 Å². The van der Waals surface area contributed by atoms with Gasteiger partial charge in [-0.1, -0.05) is 12.1 Å². The molecule has 1 aromatic carbocycles. The molecule has 0 amide bonds. The Labute approximate surface area is 102 Å². The van der Waals surface area contributed by atoms with Crippen molar-refractivity contribution in [2.45, 2.75) is 0 Å². The molecule has 1 aliphatic rings. The molecule has 2 aromatic rings. The van der Waals surface area contributed by atoms with E-state index in [0.717, 1.165) is 5.56 Å². The molecule has 0 unspecified atom stereocenters. The van der Waals surface area contributed by atoms with Gasteiger partial charge in [-0.25, -0.2) is 14.4 Å². The number of ether oxygens (including phenoxy) is 1. The van der Waals surface area contributed by atoms with Crippen LogP contribution in [0.15, 0.2) is 35.6 Å². The smallest absolute Gasteiger partial charge is 0.245 e. The Morgan fingerprint density at radius 3 is 2.72 bits per heavy atom. The van der Waals surface area contributed by atoms with Crippen LogP contribution in [0.25, 0.3) is 0 Å². The summed E-state index contributed by atoms with van der Waals surface area (Å²) < 4.78 is 18.3. The van der Waals surface area contributed by atoms with Crippen LogP contribution in [0, 0.1) is 5.82 Å². The Morgan fingerprint density at radius 1 is 1.17 bits per heavy atom. The number of halogens is 1. The molecule has 1 aliphatic heterocycles. The van der Waals surface area contributed by atoms with Crippen LogP contribution >= 0.6 is 0 Å². The van der Waals surface area contributed by atoms with Crippen LogP contribution in [-0.4, -0.2) is 22.3 Å². The van der Waals surface area contributed by atoms with Gasteiger partial charge in [-0.3, -0.25) is 0 Å². The Hall–Kier alpha value is -2.50. The van der Waals surface area contributed by atoms with E-state index >= 15 is 0 Å². The van der Waals surface area contributed by atoms with Crippen LogP contribution in [0.1, 0.15) is 5.56 Å². The van der Waals surface area contributed by atoms with Gasteiger partial charge in [-0.2, -0.15) is 4.98 Å². The van der Waals surface area contributed by atoms with E-state index in [2.05, 4.69) is 15.0 Å². The summed E-state index contributed by atoms with van der Waals surface area (Å²) in [4.78, 5) is 12.2. The topological polar surface area (TPSA) is 73.4 Å². The number of aromatic nitrogens is 2. The summed E-state index contributed by atoms with van der Waals surface area (Å²) in [6.07, 6.45) is 1.33. The maximum Gasteiger partial charge on any atom is 0.245 e. The number of anilines is 1. The predicted octanol–water partition coefficient (Wildman–Crippen LogP) is 1.71. The van der Waals surface area contributed by atoms with Gasteiger partial charge in [0.1, 0.15) is 18.8 Å². The van der Waals surface area contributed by atoms with Crippen LogP contribution < -0.4 is 10.5 Å². The first-order valence-corrected chi connectivity index (χ1v) is 5.31. The maximum absolute atomic E-state index is 12.8. The zero-order valence-corrected chi connectivity index (χ0v) is 9.30. The van der Waals surface area contributed by atoms with Gasteiger partial charge < -0.3 is 10.5 Å². The molecule has 2 heterocycles.